The Hall–Kier alpha value is -1.81. The molecule has 2 N–H and O–H groups in total. The summed E-state index contributed by atoms with van der Waals surface area (Å²) in [5, 5.41) is 6.16. The summed E-state index contributed by atoms with van der Waals surface area (Å²) in [6.07, 6.45) is 0. The van der Waals surface area contributed by atoms with Crippen LogP contribution >= 0.6 is 15.9 Å². The van der Waals surface area contributed by atoms with E-state index in [2.05, 4.69) is 26.6 Å². The molecule has 110 valence electrons. The Balaban J connectivity index is 2.02. The van der Waals surface area contributed by atoms with E-state index in [9.17, 15) is 4.79 Å². The van der Waals surface area contributed by atoms with Crippen molar-refractivity contribution in [2.24, 2.45) is 0 Å². The summed E-state index contributed by atoms with van der Waals surface area (Å²) in [6.45, 7) is 5.85. The average Bonchev–Trinajstić information content (AvgIpc) is 2.45. The smallest absolute Gasteiger partial charge is 0.246 e. The first kappa shape index (κ1) is 15.6. The van der Waals surface area contributed by atoms with Gasteiger partial charge in [-0.3, -0.25) is 4.79 Å². The summed E-state index contributed by atoms with van der Waals surface area (Å²) in [4.78, 5) is 12.3. The Kier molecular flexibility index (Phi) is 5.02. The van der Waals surface area contributed by atoms with E-state index in [1.54, 1.807) is 0 Å². The van der Waals surface area contributed by atoms with Crippen molar-refractivity contribution in [2.45, 2.75) is 26.8 Å². The summed E-state index contributed by atoms with van der Waals surface area (Å²) in [6, 6.07) is 13.5. The number of benzene rings is 2. The van der Waals surface area contributed by atoms with Gasteiger partial charge < -0.3 is 10.6 Å². The van der Waals surface area contributed by atoms with E-state index in [4.69, 9.17) is 0 Å². The van der Waals surface area contributed by atoms with Gasteiger partial charge in [0.05, 0.1) is 0 Å². The van der Waals surface area contributed by atoms with E-state index < -0.39 is 0 Å². The van der Waals surface area contributed by atoms with Crippen LogP contribution in [0.5, 0.6) is 0 Å². The lowest BCUT2D eigenvalue weighted by atomic mass is 10.1. The van der Waals surface area contributed by atoms with Crippen molar-refractivity contribution < 1.29 is 4.79 Å². The minimum absolute atomic E-state index is 0.0494. The largest absolute Gasteiger partial charge is 0.374 e. The summed E-state index contributed by atoms with van der Waals surface area (Å²) >= 11 is 3.39. The molecule has 0 aromatic heterocycles. The van der Waals surface area contributed by atoms with Crippen LogP contribution < -0.4 is 10.6 Å². The zero-order valence-corrected chi connectivity index (χ0v) is 14.0. The van der Waals surface area contributed by atoms with Gasteiger partial charge in [0.1, 0.15) is 6.04 Å². The molecule has 2 aromatic carbocycles. The van der Waals surface area contributed by atoms with Crippen LogP contribution in [-0.4, -0.2) is 11.9 Å². The second-order valence-electron chi connectivity index (χ2n) is 5.18. The number of rotatable bonds is 4. The van der Waals surface area contributed by atoms with Gasteiger partial charge in [0, 0.05) is 15.8 Å². The van der Waals surface area contributed by atoms with E-state index in [1.165, 1.54) is 0 Å². The normalized spacial score (nSPS) is 11.8. The lowest BCUT2D eigenvalue weighted by molar-refractivity contribution is -0.116. The van der Waals surface area contributed by atoms with E-state index in [0.29, 0.717) is 0 Å². The second kappa shape index (κ2) is 6.76. The molecule has 0 aliphatic rings. The Labute approximate surface area is 133 Å². The molecule has 0 saturated heterocycles. The summed E-state index contributed by atoms with van der Waals surface area (Å²) < 4.78 is 1.01. The molecule has 4 heteroatoms. The van der Waals surface area contributed by atoms with Crippen molar-refractivity contribution in [3.63, 3.8) is 0 Å². The fraction of sp³-hybridized carbons (Fsp3) is 0.235. The number of carbonyl (C=O) groups is 1. The monoisotopic (exact) mass is 346 g/mol. The summed E-state index contributed by atoms with van der Waals surface area (Å²) in [5.41, 5.74) is 3.97. The fourth-order valence-corrected chi connectivity index (χ4v) is 2.24. The zero-order chi connectivity index (χ0) is 15.4. The molecule has 0 heterocycles. The third-order valence-electron chi connectivity index (χ3n) is 3.27. The Morgan fingerprint density at radius 2 is 1.76 bits per heavy atom. The van der Waals surface area contributed by atoms with Crippen LogP contribution in [0.3, 0.4) is 0 Å². The van der Waals surface area contributed by atoms with Crippen molar-refractivity contribution in [2.75, 3.05) is 10.6 Å². The second-order valence-corrected chi connectivity index (χ2v) is 6.10. The minimum Gasteiger partial charge on any atom is -0.374 e. The molecule has 0 saturated carbocycles. The molecule has 0 fully saturated rings. The Morgan fingerprint density at radius 3 is 2.43 bits per heavy atom. The number of nitrogens with one attached hydrogen (secondary N) is 2. The van der Waals surface area contributed by atoms with Crippen molar-refractivity contribution in [3.05, 3.63) is 58.1 Å². The molecule has 1 atom stereocenters. The predicted molar refractivity (Wildman–Crippen MR) is 91.8 cm³/mol. The van der Waals surface area contributed by atoms with Crippen LogP contribution in [0.15, 0.2) is 46.9 Å². The van der Waals surface area contributed by atoms with Crippen LogP contribution in [0.2, 0.25) is 0 Å². The van der Waals surface area contributed by atoms with Gasteiger partial charge in [-0.1, -0.05) is 28.1 Å². The first-order valence-corrected chi connectivity index (χ1v) is 7.65. The fourth-order valence-electron chi connectivity index (χ4n) is 1.97. The topological polar surface area (TPSA) is 41.1 Å². The SMILES string of the molecule is Cc1ccc(C)c(NC(=O)[C@H](C)Nc2ccc(Br)cc2)c1. The standard InChI is InChI=1S/C17H19BrN2O/c1-11-4-5-12(2)16(10-11)20-17(21)13(3)19-15-8-6-14(18)7-9-15/h4-10,13,19H,1-3H3,(H,20,21)/t13-/m0/s1. The molecule has 0 spiro atoms. The number of carbonyl (C=O) groups excluding carboxylic acids is 1. The molecule has 2 aromatic rings. The molecule has 0 bridgehead atoms. The zero-order valence-electron chi connectivity index (χ0n) is 12.4. The van der Waals surface area contributed by atoms with Gasteiger partial charge in [-0.05, 0) is 62.2 Å². The van der Waals surface area contributed by atoms with Crippen LogP contribution in [0.1, 0.15) is 18.1 Å². The first-order chi connectivity index (χ1) is 9.95. The maximum Gasteiger partial charge on any atom is 0.246 e. The highest BCUT2D eigenvalue weighted by atomic mass is 79.9. The summed E-state index contributed by atoms with van der Waals surface area (Å²) in [5.74, 6) is -0.0494. The summed E-state index contributed by atoms with van der Waals surface area (Å²) in [7, 11) is 0. The van der Waals surface area contributed by atoms with Gasteiger partial charge in [-0.25, -0.2) is 0 Å². The van der Waals surface area contributed by atoms with Gasteiger partial charge in [0.25, 0.3) is 0 Å². The Bertz CT molecular complexity index is 638. The molecule has 1 amide bonds. The highest BCUT2D eigenvalue weighted by Gasteiger charge is 2.13. The van der Waals surface area contributed by atoms with Crippen molar-refractivity contribution in [1.82, 2.24) is 0 Å². The lowest BCUT2D eigenvalue weighted by Gasteiger charge is -2.16. The van der Waals surface area contributed by atoms with Gasteiger partial charge in [-0.15, -0.1) is 0 Å². The van der Waals surface area contributed by atoms with Crippen LogP contribution in [0.4, 0.5) is 11.4 Å². The first-order valence-electron chi connectivity index (χ1n) is 6.86. The minimum atomic E-state index is -0.314. The average molecular weight is 347 g/mol. The quantitative estimate of drug-likeness (QED) is 0.855. The van der Waals surface area contributed by atoms with Crippen molar-refractivity contribution >= 4 is 33.2 Å². The van der Waals surface area contributed by atoms with Gasteiger partial charge in [-0.2, -0.15) is 0 Å². The maximum atomic E-state index is 12.3. The molecule has 2 rings (SSSR count). The number of amides is 1. The number of hydrogen-bond acceptors (Lipinski definition) is 2. The van der Waals surface area contributed by atoms with Crippen molar-refractivity contribution in [3.8, 4) is 0 Å². The highest BCUT2D eigenvalue weighted by molar-refractivity contribution is 9.10. The number of halogens is 1. The maximum absolute atomic E-state index is 12.3. The third kappa shape index (κ3) is 4.33. The molecule has 3 nitrogen and oxygen atoms in total. The van der Waals surface area contributed by atoms with E-state index in [1.807, 2.05) is 63.2 Å². The lowest BCUT2D eigenvalue weighted by Crippen LogP contribution is -2.32. The third-order valence-corrected chi connectivity index (χ3v) is 3.80. The number of hydrogen-bond donors (Lipinski definition) is 2. The van der Waals surface area contributed by atoms with Crippen LogP contribution in [-0.2, 0) is 4.79 Å². The number of aryl methyl sites for hydroxylation is 2. The van der Waals surface area contributed by atoms with E-state index >= 15 is 0 Å². The molecule has 0 radical (unpaired) electrons. The van der Waals surface area contributed by atoms with Gasteiger partial charge >= 0.3 is 0 Å². The molecular formula is C17H19BrN2O. The van der Waals surface area contributed by atoms with Crippen LogP contribution in [0.25, 0.3) is 0 Å². The number of anilines is 2. The van der Waals surface area contributed by atoms with Crippen molar-refractivity contribution in [1.29, 1.82) is 0 Å². The predicted octanol–water partition coefficient (Wildman–Crippen LogP) is 4.51. The van der Waals surface area contributed by atoms with Crippen LogP contribution in [0, 0.1) is 13.8 Å². The van der Waals surface area contributed by atoms with E-state index in [-0.39, 0.29) is 11.9 Å². The Morgan fingerprint density at radius 1 is 1.10 bits per heavy atom. The highest BCUT2D eigenvalue weighted by Crippen LogP contribution is 2.18. The van der Waals surface area contributed by atoms with Gasteiger partial charge in [0.15, 0.2) is 0 Å². The molecule has 0 unspecified atom stereocenters. The molecule has 21 heavy (non-hydrogen) atoms. The molecule has 0 aliphatic carbocycles. The molecular weight excluding hydrogens is 328 g/mol. The van der Waals surface area contributed by atoms with Gasteiger partial charge in [0.2, 0.25) is 5.91 Å². The van der Waals surface area contributed by atoms with E-state index in [0.717, 1.165) is 27.0 Å². The molecule has 0 aliphatic heterocycles.